The molecule has 0 saturated heterocycles. The lowest BCUT2D eigenvalue weighted by Crippen LogP contribution is -2.58. The van der Waals surface area contributed by atoms with Crippen molar-refractivity contribution < 1.29 is 14.8 Å². The maximum absolute atomic E-state index is 5.26. The molecule has 0 aliphatic rings. The maximum atomic E-state index is 5.26. The van der Waals surface area contributed by atoms with Gasteiger partial charge in [0.2, 0.25) is 0 Å². The Hall–Kier alpha value is -0.0231. The lowest BCUT2D eigenvalue weighted by atomic mass is 10.3. The molecule has 0 spiro atoms. The number of nitrogens with two attached hydrogens (primary N) is 3. The fourth-order valence-electron chi connectivity index (χ4n) is 0.404. The van der Waals surface area contributed by atoms with Crippen LogP contribution in [0.15, 0.2) is 0 Å². The summed E-state index contributed by atoms with van der Waals surface area (Å²) >= 11 is 0. The molecule has 6 N–H and O–H groups in total. The van der Waals surface area contributed by atoms with E-state index in [1.807, 2.05) is 0 Å². The van der Waals surface area contributed by atoms with Gasteiger partial charge in [-0.2, -0.15) is 0 Å². The Balaban J connectivity index is 3.01. The van der Waals surface area contributed by atoms with E-state index in [0.717, 1.165) is 16.3 Å². The van der Waals surface area contributed by atoms with Gasteiger partial charge < -0.3 is 17.2 Å². The van der Waals surface area contributed by atoms with E-state index in [-0.39, 0.29) is 6.61 Å². The van der Waals surface area contributed by atoms with Crippen LogP contribution in [0.5, 0.6) is 0 Å². The van der Waals surface area contributed by atoms with Gasteiger partial charge in [0.15, 0.2) is 0 Å². The minimum atomic E-state index is -1.21. The average Bonchev–Trinajstić information content (AvgIpc) is 1.94. The molecule has 0 aromatic rings. The lowest BCUT2D eigenvalue weighted by Gasteiger charge is -2.16. The molecule has 0 aliphatic carbocycles. The third-order valence-corrected chi connectivity index (χ3v) is 1.41. The zero-order valence-electron chi connectivity index (χ0n) is 7.29. The fraction of sp³-hybridized carbons (Fsp3) is 1.00. The van der Waals surface area contributed by atoms with Crippen LogP contribution in [0.1, 0.15) is 6.42 Å². The van der Waals surface area contributed by atoms with Crippen molar-refractivity contribution in [3.63, 3.8) is 0 Å². The standard InChI is InChI=1S/C5H17N3O3Si/c6-5(7,8)1-2-9-11-10-3-4-12/h1-4,6-8H2,12H3. The predicted molar refractivity (Wildman–Crippen MR) is 47.6 cm³/mol. The molecule has 0 amide bonds. The molecule has 0 fully saturated rings. The van der Waals surface area contributed by atoms with Crippen molar-refractivity contribution in [1.29, 1.82) is 0 Å². The minimum Gasteiger partial charge on any atom is -0.301 e. The summed E-state index contributed by atoms with van der Waals surface area (Å²) in [5.41, 5.74) is 15.8. The summed E-state index contributed by atoms with van der Waals surface area (Å²) in [5.74, 6) is -1.21. The summed E-state index contributed by atoms with van der Waals surface area (Å²) in [5, 5.41) is 4.32. The van der Waals surface area contributed by atoms with E-state index >= 15 is 0 Å². The van der Waals surface area contributed by atoms with Gasteiger partial charge in [0.25, 0.3) is 0 Å². The molecule has 0 aromatic heterocycles. The van der Waals surface area contributed by atoms with Gasteiger partial charge in [-0.1, -0.05) is 5.04 Å². The fourth-order valence-corrected chi connectivity index (χ4v) is 0.571. The molecule has 0 saturated carbocycles. The lowest BCUT2D eigenvalue weighted by molar-refractivity contribution is -0.511. The average molecular weight is 195 g/mol. The molecular formula is C5H17N3O3Si. The van der Waals surface area contributed by atoms with Crippen molar-refractivity contribution in [3.05, 3.63) is 0 Å². The van der Waals surface area contributed by atoms with Crippen LogP contribution < -0.4 is 17.2 Å². The molecule has 0 aliphatic heterocycles. The first kappa shape index (κ1) is 12.0. The molecule has 0 unspecified atom stereocenters. The zero-order chi connectivity index (χ0) is 9.45. The predicted octanol–water partition coefficient (Wildman–Crippen LogP) is -2.43. The summed E-state index contributed by atoms with van der Waals surface area (Å²) in [7, 11) is 1.08. The van der Waals surface area contributed by atoms with Crippen LogP contribution in [-0.2, 0) is 14.8 Å². The van der Waals surface area contributed by atoms with Crippen LogP contribution >= 0.6 is 0 Å². The van der Waals surface area contributed by atoms with Gasteiger partial charge in [-0.3, -0.25) is 0 Å². The molecule has 0 radical (unpaired) electrons. The van der Waals surface area contributed by atoms with E-state index in [0.29, 0.717) is 13.0 Å². The second kappa shape index (κ2) is 6.49. The second-order valence-corrected chi connectivity index (χ2v) is 3.57. The van der Waals surface area contributed by atoms with Gasteiger partial charge >= 0.3 is 0 Å². The highest BCUT2D eigenvalue weighted by Crippen LogP contribution is 1.91. The number of hydrogen-bond acceptors (Lipinski definition) is 6. The first-order valence-electron chi connectivity index (χ1n) is 3.84. The van der Waals surface area contributed by atoms with Crippen LogP contribution in [0.25, 0.3) is 0 Å². The van der Waals surface area contributed by atoms with Crippen LogP contribution in [-0.4, -0.2) is 29.2 Å². The Morgan fingerprint density at radius 2 is 1.67 bits per heavy atom. The molecule has 0 heterocycles. The first-order valence-corrected chi connectivity index (χ1v) is 5.25. The molecule has 0 bridgehead atoms. The third-order valence-electron chi connectivity index (χ3n) is 1.00. The van der Waals surface area contributed by atoms with E-state index in [2.05, 4.69) is 14.8 Å². The van der Waals surface area contributed by atoms with Crippen molar-refractivity contribution >= 4 is 10.2 Å². The molecule has 6 nitrogen and oxygen atoms in total. The van der Waals surface area contributed by atoms with E-state index < -0.39 is 5.79 Å². The van der Waals surface area contributed by atoms with E-state index in [4.69, 9.17) is 17.2 Å². The van der Waals surface area contributed by atoms with Gasteiger partial charge in [-0.05, 0) is 6.04 Å². The Morgan fingerprint density at radius 3 is 2.17 bits per heavy atom. The summed E-state index contributed by atoms with van der Waals surface area (Å²) in [4.78, 5) is 9.15. The van der Waals surface area contributed by atoms with Gasteiger partial charge in [0.05, 0.1) is 13.2 Å². The van der Waals surface area contributed by atoms with Crippen LogP contribution in [0, 0.1) is 0 Å². The smallest absolute Gasteiger partial charge is 0.118 e. The molecular weight excluding hydrogens is 178 g/mol. The Kier molecular flexibility index (Phi) is 6.48. The molecule has 12 heavy (non-hydrogen) atoms. The van der Waals surface area contributed by atoms with Gasteiger partial charge in [0, 0.05) is 16.7 Å². The largest absolute Gasteiger partial charge is 0.301 e. The first-order chi connectivity index (χ1) is 5.56. The van der Waals surface area contributed by atoms with E-state index in [9.17, 15) is 0 Å². The highest BCUT2D eigenvalue weighted by Gasteiger charge is 2.10. The monoisotopic (exact) mass is 195 g/mol. The van der Waals surface area contributed by atoms with Crippen molar-refractivity contribution in [2.45, 2.75) is 18.3 Å². The normalized spacial score (nSPS) is 12.2. The van der Waals surface area contributed by atoms with Crippen molar-refractivity contribution in [1.82, 2.24) is 0 Å². The van der Waals surface area contributed by atoms with Crippen molar-refractivity contribution in [2.75, 3.05) is 13.2 Å². The Bertz CT molecular complexity index is 109. The SMILES string of the molecule is NC(N)(N)CCOOOCC[SiH3]. The Labute approximate surface area is 74.6 Å². The van der Waals surface area contributed by atoms with Gasteiger partial charge in [-0.15, -0.1) is 0 Å². The van der Waals surface area contributed by atoms with Crippen LogP contribution in [0.3, 0.4) is 0 Å². The highest BCUT2D eigenvalue weighted by molar-refractivity contribution is 6.08. The molecule has 0 rings (SSSR count). The summed E-state index contributed by atoms with van der Waals surface area (Å²) < 4.78 is 0. The quantitative estimate of drug-likeness (QED) is 0.137. The van der Waals surface area contributed by atoms with Gasteiger partial charge in [-0.25, -0.2) is 9.78 Å². The van der Waals surface area contributed by atoms with E-state index in [1.165, 1.54) is 0 Å². The number of hydrogen-bond donors (Lipinski definition) is 3. The topological polar surface area (TPSA) is 106 Å². The maximum Gasteiger partial charge on any atom is 0.118 e. The highest BCUT2D eigenvalue weighted by atomic mass is 28.1. The summed E-state index contributed by atoms with van der Waals surface area (Å²) in [6.07, 6.45) is 0.303. The second-order valence-electron chi connectivity index (χ2n) is 2.57. The summed E-state index contributed by atoms with van der Waals surface area (Å²) in [6, 6.07) is 0.998. The third kappa shape index (κ3) is 9.98. The summed E-state index contributed by atoms with van der Waals surface area (Å²) in [6.45, 7) is 0.760. The van der Waals surface area contributed by atoms with Crippen LogP contribution in [0.2, 0.25) is 6.04 Å². The van der Waals surface area contributed by atoms with Crippen molar-refractivity contribution in [3.8, 4) is 0 Å². The van der Waals surface area contributed by atoms with Crippen LogP contribution in [0.4, 0.5) is 0 Å². The Morgan fingerprint density at radius 1 is 1.08 bits per heavy atom. The molecule has 74 valence electrons. The van der Waals surface area contributed by atoms with Gasteiger partial charge in [0.1, 0.15) is 5.79 Å². The van der Waals surface area contributed by atoms with Crippen molar-refractivity contribution in [2.24, 2.45) is 17.2 Å². The molecule has 0 aromatic carbocycles. The van der Waals surface area contributed by atoms with E-state index in [1.54, 1.807) is 0 Å². The molecule has 0 atom stereocenters. The zero-order valence-corrected chi connectivity index (χ0v) is 9.29. The number of rotatable bonds is 7. The minimum absolute atomic E-state index is 0.213. The molecule has 7 heteroatoms.